The van der Waals surface area contributed by atoms with Crippen LogP contribution >= 0.6 is 0 Å². The number of likely N-dealkylation sites (N-methyl/N-ethyl adjacent to an activating group) is 1. The van der Waals surface area contributed by atoms with Crippen molar-refractivity contribution in [2.45, 2.75) is 25.9 Å². The smallest absolute Gasteiger partial charge is 0.141 e. The molecule has 17 heavy (non-hydrogen) atoms. The van der Waals surface area contributed by atoms with E-state index in [-0.39, 0.29) is 0 Å². The zero-order valence-corrected chi connectivity index (χ0v) is 10.6. The fraction of sp³-hybridized carbons (Fsp3) is 0.667. The second-order valence-corrected chi connectivity index (χ2v) is 4.87. The standard InChI is InChI=1S/C12H21N5/c1-10-8-16(2)4-3-5-17(10)9-11-6-15-12(13)7-14-11/h6-7,10H,3-5,8-9H2,1-2H3,(H2,13,15). The van der Waals surface area contributed by atoms with Gasteiger partial charge < -0.3 is 10.6 Å². The average Bonchev–Trinajstić information content (AvgIpc) is 2.44. The fourth-order valence-electron chi connectivity index (χ4n) is 2.31. The molecule has 0 radical (unpaired) electrons. The lowest BCUT2D eigenvalue weighted by atomic mass is 10.2. The van der Waals surface area contributed by atoms with Gasteiger partial charge in [0, 0.05) is 25.7 Å². The summed E-state index contributed by atoms with van der Waals surface area (Å²) in [6.45, 7) is 6.54. The van der Waals surface area contributed by atoms with Gasteiger partial charge in [-0.2, -0.15) is 0 Å². The van der Waals surface area contributed by atoms with E-state index in [9.17, 15) is 0 Å². The van der Waals surface area contributed by atoms with Gasteiger partial charge in [-0.1, -0.05) is 0 Å². The van der Waals surface area contributed by atoms with E-state index in [1.165, 1.54) is 13.0 Å². The molecule has 2 N–H and O–H groups in total. The van der Waals surface area contributed by atoms with Crippen molar-refractivity contribution < 1.29 is 0 Å². The van der Waals surface area contributed by atoms with Gasteiger partial charge in [0.1, 0.15) is 5.82 Å². The number of aromatic nitrogens is 2. The molecule has 1 aliphatic rings. The highest BCUT2D eigenvalue weighted by molar-refractivity contribution is 5.22. The van der Waals surface area contributed by atoms with Gasteiger partial charge in [0.05, 0.1) is 18.1 Å². The Morgan fingerprint density at radius 2 is 2.18 bits per heavy atom. The summed E-state index contributed by atoms with van der Waals surface area (Å²) in [7, 11) is 2.18. The number of hydrogen-bond acceptors (Lipinski definition) is 5. The Balaban J connectivity index is 1.99. The maximum absolute atomic E-state index is 5.54. The van der Waals surface area contributed by atoms with Crippen molar-refractivity contribution in [2.75, 3.05) is 32.4 Å². The van der Waals surface area contributed by atoms with Crippen LogP contribution in [-0.4, -0.2) is 52.5 Å². The maximum atomic E-state index is 5.54. The van der Waals surface area contributed by atoms with Crippen LogP contribution in [0.4, 0.5) is 5.82 Å². The number of anilines is 1. The minimum atomic E-state index is 0.484. The van der Waals surface area contributed by atoms with Gasteiger partial charge in [-0.15, -0.1) is 0 Å². The zero-order chi connectivity index (χ0) is 12.3. The molecule has 1 aliphatic heterocycles. The van der Waals surface area contributed by atoms with Crippen molar-refractivity contribution in [1.82, 2.24) is 19.8 Å². The molecule has 0 saturated carbocycles. The molecule has 1 fully saturated rings. The van der Waals surface area contributed by atoms with Crippen molar-refractivity contribution in [3.05, 3.63) is 18.1 Å². The molecule has 1 saturated heterocycles. The molecular formula is C12H21N5. The maximum Gasteiger partial charge on any atom is 0.141 e. The van der Waals surface area contributed by atoms with E-state index in [4.69, 9.17) is 5.73 Å². The Morgan fingerprint density at radius 3 is 2.88 bits per heavy atom. The van der Waals surface area contributed by atoms with Gasteiger partial charge in [-0.05, 0) is 26.9 Å². The summed E-state index contributed by atoms with van der Waals surface area (Å²) in [6, 6.07) is 0.557. The molecule has 0 aliphatic carbocycles. The van der Waals surface area contributed by atoms with Crippen molar-refractivity contribution in [3.63, 3.8) is 0 Å². The highest BCUT2D eigenvalue weighted by atomic mass is 15.2. The Labute approximate surface area is 103 Å². The third kappa shape index (κ3) is 3.38. The number of nitrogens with zero attached hydrogens (tertiary/aromatic N) is 4. The summed E-state index contributed by atoms with van der Waals surface area (Å²) >= 11 is 0. The van der Waals surface area contributed by atoms with E-state index < -0.39 is 0 Å². The van der Waals surface area contributed by atoms with Crippen LogP contribution in [-0.2, 0) is 6.54 Å². The molecule has 0 bridgehead atoms. The highest BCUT2D eigenvalue weighted by Gasteiger charge is 2.19. The molecule has 0 aromatic carbocycles. The van der Waals surface area contributed by atoms with Gasteiger partial charge >= 0.3 is 0 Å². The zero-order valence-electron chi connectivity index (χ0n) is 10.6. The molecule has 1 unspecified atom stereocenters. The molecule has 5 nitrogen and oxygen atoms in total. The predicted octanol–water partition coefficient (Wildman–Crippen LogP) is 0.585. The first kappa shape index (κ1) is 12.3. The molecule has 0 spiro atoms. The topological polar surface area (TPSA) is 58.3 Å². The highest BCUT2D eigenvalue weighted by Crippen LogP contribution is 2.11. The SMILES string of the molecule is CC1CN(C)CCCN1Cc1cnc(N)cn1. The number of nitrogens with two attached hydrogens (primary N) is 1. The van der Waals surface area contributed by atoms with E-state index in [1.54, 1.807) is 12.4 Å². The lowest BCUT2D eigenvalue weighted by Gasteiger charge is -2.27. The minimum Gasteiger partial charge on any atom is -0.382 e. The van der Waals surface area contributed by atoms with Gasteiger partial charge in [-0.25, -0.2) is 4.98 Å². The van der Waals surface area contributed by atoms with Crippen LogP contribution in [0.2, 0.25) is 0 Å². The van der Waals surface area contributed by atoms with Crippen LogP contribution in [0.1, 0.15) is 19.0 Å². The van der Waals surface area contributed by atoms with Crippen molar-refractivity contribution in [2.24, 2.45) is 0 Å². The molecule has 1 aromatic heterocycles. The van der Waals surface area contributed by atoms with E-state index in [1.807, 2.05) is 0 Å². The third-order valence-corrected chi connectivity index (χ3v) is 3.27. The van der Waals surface area contributed by atoms with Gasteiger partial charge in [0.25, 0.3) is 0 Å². The van der Waals surface area contributed by atoms with Gasteiger partial charge in [0.15, 0.2) is 0 Å². The van der Waals surface area contributed by atoms with Crippen molar-refractivity contribution >= 4 is 5.82 Å². The summed E-state index contributed by atoms with van der Waals surface area (Å²) in [5.41, 5.74) is 6.53. The second kappa shape index (κ2) is 5.42. The first-order valence-electron chi connectivity index (χ1n) is 6.14. The number of hydrogen-bond donors (Lipinski definition) is 1. The van der Waals surface area contributed by atoms with Crippen LogP contribution in [0.3, 0.4) is 0 Å². The number of rotatable bonds is 2. The van der Waals surface area contributed by atoms with Crippen LogP contribution in [0, 0.1) is 0 Å². The molecule has 2 heterocycles. The largest absolute Gasteiger partial charge is 0.382 e. The monoisotopic (exact) mass is 235 g/mol. The Bertz CT molecular complexity index is 350. The summed E-state index contributed by atoms with van der Waals surface area (Å²) in [6.07, 6.45) is 4.61. The van der Waals surface area contributed by atoms with E-state index >= 15 is 0 Å². The minimum absolute atomic E-state index is 0.484. The van der Waals surface area contributed by atoms with Crippen LogP contribution in [0.15, 0.2) is 12.4 Å². The molecule has 1 aromatic rings. The van der Waals surface area contributed by atoms with Crippen LogP contribution in [0.25, 0.3) is 0 Å². The second-order valence-electron chi connectivity index (χ2n) is 4.87. The third-order valence-electron chi connectivity index (χ3n) is 3.27. The van der Waals surface area contributed by atoms with Crippen molar-refractivity contribution in [1.29, 1.82) is 0 Å². The van der Waals surface area contributed by atoms with Gasteiger partial charge in [0.2, 0.25) is 0 Å². The lowest BCUT2D eigenvalue weighted by Crippen LogP contribution is -2.37. The first-order valence-corrected chi connectivity index (χ1v) is 6.14. The molecular weight excluding hydrogens is 214 g/mol. The van der Waals surface area contributed by atoms with Gasteiger partial charge in [-0.3, -0.25) is 9.88 Å². The summed E-state index contributed by atoms with van der Waals surface area (Å²) in [4.78, 5) is 13.3. The molecule has 2 rings (SSSR count). The molecule has 5 heteroatoms. The van der Waals surface area contributed by atoms with E-state index in [0.717, 1.165) is 25.3 Å². The summed E-state index contributed by atoms with van der Waals surface area (Å²) in [5, 5.41) is 0. The summed E-state index contributed by atoms with van der Waals surface area (Å²) < 4.78 is 0. The van der Waals surface area contributed by atoms with Crippen molar-refractivity contribution in [3.8, 4) is 0 Å². The fourth-order valence-corrected chi connectivity index (χ4v) is 2.31. The van der Waals surface area contributed by atoms with E-state index in [2.05, 4.69) is 33.7 Å². The Kier molecular flexibility index (Phi) is 3.91. The Morgan fingerprint density at radius 1 is 1.35 bits per heavy atom. The molecule has 94 valence electrons. The van der Waals surface area contributed by atoms with Crippen LogP contribution < -0.4 is 5.73 Å². The van der Waals surface area contributed by atoms with E-state index in [0.29, 0.717) is 11.9 Å². The lowest BCUT2D eigenvalue weighted by molar-refractivity contribution is 0.192. The average molecular weight is 235 g/mol. The predicted molar refractivity (Wildman–Crippen MR) is 68.4 cm³/mol. The molecule has 1 atom stereocenters. The summed E-state index contributed by atoms with van der Waals surface area (Å²) in [5.74, 6) is 0.484. The molecule has 0 amide bonds. The van der Waals surface area contributed by atoms with Crippen LogP contribution in [0.5, 0.6) is 0 Å². The first-order chi connectivity index (χ1) is 8.15. The number of nitrogen functional groups attached to an aromatic ring is 1. The quantitative estimate of drug-likeness (QED) is 0.813. The normalized spacial score (nSPS) is 23.5. The Hall–Kier alpha value is -1.20.